The molecular weight excluding hydrogens is 270 g/mol. The summed E-state index contributed by atoms with van der Waals surface area (Å²) in [5.74, 6) is -0.610. The molecule has 1 N–H and O–H groups in total. The van der Waals surface area contributed by atoms with Gasteiger partial charge in [0.05, 0.1) is 0 Å². The van der Waals surface area contributed by atoms with E-state index in [4.69, 9.17) is 0 Å². The standard InChI is InChI=1S/C12H11NO3S2/c1-9-5-2-3-6-10(9)12(14)13-18(15,16)11-7-4-8-17-11/h2-8H,1H3,(H,13,14). The van der Waals surface area contributed by atoms with Gasteiger partial charge in [-0.25, -0.2) is 13.1 Å². The lowest BCUT2D eigenvalue weighted by atomic mass is 10.1. The van der Waals surface area contributed by atoms with Crippen molar-refractivity contribution in [3.8, 4) is 0 Å². The van der Waals surface area contributed by atoms with Crippen molar-refractivity contribution in [1.82, 2.24) is 4.72 Å². The maximum absolute atomic E-state index is 11.9. The van der Waals surface area contributed by atoms with Crippen LogP contribution in [0.1, 0.15) is 15.9 Å². The molecular formula is C12H11NO3S2. The van der Waals surface area contributed by atoms with Crippen LogP contribution < -0.4 is 4.72 Å². The zero-order valence-corrected chi connectivity index (χ0v) is 11.2. The highest BCUT2D eigenvalue weighted by Crippen LogP contribution is 2.16. The molecule has 0 aliphatic rings. The van der Waals surface area contributed by atoms with Gasteiger partial charge in [0, 0.05) is 5.56 Å². The molecule has 0 saturated carbocycles. The molecule has 18 heavy (non-hydrogen) atoms. The fourth-order valence-electron chi connectivity index (χ4n) is 1.47. The van der Waals surface area contributed by atoms with E-state index in [1.54, 1.807) is 42.6 Å². The van der Waals surface area contributed by atoms with Crippen molar-refractivity contribution in [1.29, 1.82) is 0 Å². The molecule has 0 saturated heterocycles. The first kappa shape index (κ1) is 12.8. The van der Waals surface area contributed by atoms with Crippen LogP contribution in [0.4, 0.5) is 0 Å². The molecule has 4 nitrogen and oxygen atoms in total. The van der Waals surface area contributed by atoms with Crippen molar-refractivity contribution in [3.05, 3.63) is 52.9 Å². The molecule has 0 fully saturated rings. The number of aryl methyl sites for hydroxylation is 1. The Morgan fingerprint density at radius 3 is 2.50 bits per heavy atom. The third kappa shape index (κ3) is 2.60. The lowest BCUT2D eigenvalue weighted by Gasteiger charge is -2.06. The Hall–Kier alpha value is -1.66. The number of thiophene rings is 1. The van der Waals surface area contributed by atoms with Crippen LogP contribution in [0, 0.1) is 6.92 Å². The van der Waals surface area contributed by atoms with Gasteiger partial charge in [-0.05, 0) is 30.0 Å². The SMILES string of the molecule is Cc1ccccc1C(=O)NS(=O)(=O)c1cccs1. The molecule has 1 heterocycles. The molecule has 0 atom stereocenters. The van der Waals surface area contributed by atoms with E-state index in [-0.39, 0.29) is 4.21 Å². The number of benzene rings is 1. The van der Waals surface area contributed by atoms with E-state index in [2.05, 4.69) is 4.72 Å². The second-order valence-corrected chi connectivity index (χ2v) is 6.54. The molecule has 1 aromatic heterocycles. The van der Waals surface area contributed by atoms with Crippen molar-refractivity contribution in [2.24, 2.45) is 0 Å². The molecule has 6 heteroatoms. The predicted octanol–water partition coefficient (Wildman–Crippen LogP) is 2.18. The topological polar surface area (TPSA) is 63.2 Å². The summed E-state index contributed by atoms with van der Waals surface area (Å²) in [6, 6.07) is 9.91. The van der Waals surface area contributed by atoms with Crippen molar-refractivity contribution in [3.63, 3.8) is 0 Å². The molecule has 0 spiro atoms. The summed E-state index contributed by atoms with van der Waals surface area (Å²) in [7, 11) is -3.76. The molecule has 0 radical (unpaired) electrons. The van der Waals surface area contributed by atoms with Crippen molar-refractivity contribution in [2.75, 3.05) is 0 Å². The molecule has 0 unspecified atom stereocenters. The lowest BCUT2D eigenvalue weighted by molar-refractivity contribution is 0.0981. The number of nitrogens with one attached hydrogen (secondary N) is 1. The zero-order valence-electron chi connectivity index (χ0n) is 9.58. The van der Waals surface area contributed by atoms with Gasteiger partial charge in [-0.3, -0.25) is 4.79 Å². The third-order valence-corrected chi connectivity index (χ3v) is 5.11. The maximum atomic E-state index is 11.9. The van der Waals surface area contributed by atoms with Crippen LogP contribution in [-0.2, 0) is 10.0 Å². The van der Waals surface area contributed by atoms with Gasteiger partial charge in [-0.1, -0.05) is 24.3 Å². The maximum Gasteiger partial charge on any atom is 0.273 e. The highest BCUT2D eigenvalue weighted by atomic mass is 32.2. The van der Waals surface area contributed by atoms with Crippen molar-refractivity contribution < 1.29 is 13.2 Å². The second-order valence-electron chi connectivity index (χ2n) is 3.68. The monoisotopic (exact) mass is 281 g/mol. The van der Waals surface area contributed by atoms with E-state index in [0.717, 1.165) is 16.9 Å². The number of hydrogen-bond donors (Lipinski definition) is 1. The Morgan fingerprint density at radius 1 is 1.17 bits per heavy atom. The van der Waals surface area contributed by atoms with E-state index in [0.29, 0.717) is 5.56 Å². The Morgan fingerprint density at radius 2 is 1.89 bits per heavy atom. The average molecular weight is 281 g/mol. The first-order chi connectivity index (χ1) is 8.50. The molecule has 2 rings (SSSR count). The van der Waals surface area contributed by atoms with Gasteiger partial charge < -0.3 is 0 Å². The van der Waals surface area contributed by atoms with Gasteiger partial charge in [-0.15, -0.1) is 11.3 Å². The van der Waals surface area contributed by atoms with Gasteiger partial charge in [0.15, 0.2) is 0 Å². The minimum Gasteiger partial charge on any atom is -0.268 e. The summed E-state index contributed by atoms with van der Waals surface area (Å²) in [5.41, 5.74) is 1.09. The molecule has 0 bridgehead atoms. The minimum absolute atomic E-state index is 0.129. The zero-order chi connectivity index (χ0) is 13.2. The number of hydrogen-bond acceptors (Lipinski definition) is 4. The van der Waals surface area contributed by atoms with E-state index < -0.39 is 15.9 Å². The van der Waals surface area contributed by atoms with Gasteiger partial charge in [0.2, 0.25) is 0 Å². The number of carbonyl (C=O) groups excluding carboxylic acids is 1. The van der Waals surface area contributed by atoms with Crippen molar-refractivity contribution >= 4 is 27.3 Å². The second kappa shape index (κ2) is 4.91. The first-order valence-electron chi connectivity index (χ1n) is 5.17. The summed E-state index contributed by atoms with van der Waals surface area (Å²) in [6.07, 6.45) is 0. The Labute approximate surface area is 109 Å². The van der Waals surface area contributed by atoms with Gasteiger partial charge in [-0.2, -0.15) is 0 Å². The minimum atomic E-state index is -3.76. The smallest absolute Gasteiger partial charge is 0.268 e. The molecule has 2 aromatic rings. The molecule has 1 amide bonds. The molecule has 1 aromatic carbocycles. The largest absolute Gasteiger partial charge is 0.273 e. The van der Waals surface area contributed by atoms with Crippen LogP contribution in [0.15, 0.2) is 46.0 Å². The lowest BCUT2D eigenvalue weighted by Crippen LogP contribution is -2.30. The van der Waals surface area contributed by atoms with Gasteiger partial charge >= 0.3 is 0 Å². The van der Waals surface area contributed by atoms with E-state index in [9.17, 15) is 13.2 Å². The quantitative estimate of drug-likeness (QED) is 0.938. The van der Waals surface area contributed by atoms with E-state index in [1.165, 1.54) is 6.07 Å². The van der Waals surface area contributed by atoms with E-state index >= 15 is 0 Å². The Kier molecular flexibility index (Phi) is 3.49. The summed E-state index contributed by atoms with van der Waals surface area (Å²) < 4.78 is 25.9. The summed E-state index contributed by atoms with van der Waals surface area (Å²) in [5, 5.41) is 1.65. The average Bonchev–Trinajstić information content (AvgIpc) is 2.82. The van der Waals surface area contributed by atoms with Gasteiger partial charge in [0.25, 0.3) is 15.9 Å². The highest BCUT2D eigenvalue weighted by Gasteiger charge is 2.20. The highest BCUT2D eigenvalue weighted by molar-refractivity contribution is 7.92. The summed E-state index contributed by atoms with van der Waals surface area (Å²) in [6.45, 7) is 1.76. The van der Waals surface area contributed by atoms with Crippen LogP contribution in [0.25, 0.3) is 0 Å². The first-order valence-corrected chi connectivity index (χ1v) is 7.53. The van der Waals surface area contributed by atoms with Crippen LogP contribution in [0.3, 0.4) is 0 Å². The molecule has 0 aliphatic carbocycles. The third-order valence-electron chi connectivity index (χ3n) is 2.38. The van der Waals surface area contributed by atoms with Gasteiger partial charge in [0.1, 0.15) is 4.21 Å². The fourth-order valence-corrected chi connectivity index (χ4v) is 3.43. The Balaban J connectivity index is 2.26. The van der Waals surface area contributed by atoms with E-state index in [1.807, 2.05) is 0 Å². The summed E-state index contributed by atoms with van der Waals surface area (Å²) >= 11 is 1.07. The summed E-state index contributed by atoms with van der Waals surface area (Å²) in [4.78, 5) is 11.9. The Bertz CT molecular complexity index is 660. The molecule has 94 valence electrons. The normalized spacial score (nSPS) is 11.2. The van der Waals surface area contributed by atoms with Crippen LogP contribution in [0.5, 0.6) is 0 Å². The molecule has 0 aliphatic heterocycles. The number of carbonyl (C=O) groups is 1. The van der Waals surface area contributed by atoms with Crippen LogP contribution in [-0.4, -0.2) is 14.3 Å². The predicted molar refractivity (Wildman–Crippen MR) is 70.2 cm³/mol. The number of amides is 1. The van der Waals surface area contributed by atoms with Crippen LogP contribution >= 0.6 is 11.3 Å². The fraction of sp³-hybridized carbons (Fsp3) is 0.0833. The number of sulfonamides is 1. The van der Waals surface area contributed by atoms with Crippen LogP contribution in [0.2, 0.25) is 0 Å². The van der Waals surface area contributed by atoms with Crippen molar-refractivity contribution in [2.45, 2.75) is 11.1 Å². The number of rotatable bonds is 3.